The van der Waals surface area contributed by atoms with E-state index in [1.54, 1.807) is 0 Å². The molecule has 0 radical (unpaired) electrons. The van der Waals surface area contributed by atoms with Crippen LogP contribution in [0.3, 0.4) is 0 Å². The van der Waals surface area contributed by atoms with Gasteiger partial charge in [-0.05, 0) is 38.8 Å². The molecule has 0 aromatic rings. The largest absolute Gasteiger partial charge is 0.405 e. The number of halogens is 3. The Hall–Kier alpha value is -1.31. The Morgan fingerprint density at radius 3 is 2.08 bits per heavy atom. The summed E-state index contributed by atoms with van der Waals surface area (Å²) in [6.07, 6.45) is 1.42. The Balaban J connectivity index is 1.70. The fourth-order valence-corrected chi connectivity index (χ4v) is 3.35. The van der Waals surface area contributed by atoms with Crippen LogP contribution in [0.1, 0.15) is 38.5 Å². The van der Waals surface area contributed by atoms with Gasteiger partial charge in [0.2, 0.25) is 11.8 Å². The van der Waals surface area contributed by atoms with Crippen LogP contribution in [-0.4, -0.2) is 67.1 Å². The Labute approximate surface area is 140 Å². The minimum absolute atomic E-state index is 0.0161. The highest BCUT2D eigenvalue weighted by molar-refractivity contribution is 5.79. The number of carbonyl (C=O) groups is 2. The summed E-state index contributed by atoms with van der Waals surface area (Å²) in [5, 5.41) is 1.88. The first-order chi connectivity index (χ1) is 11.3. The van der Waals surface area contributed by atoms with E-state index in [0.717, 1.165) is 25.9 Å². The van der Waals surface area contributed by atoms with Crippen LogP contribution in [0.2, 0.25) is 0 Å². The molecule has 0 aliphatic carbocycles. The molecule has 2 aliphatic heterocycles. The molecule has 2 aliphatic rings. The summed E-state index contributed by atoms with van der Waals surface area (Å²) in [6, 6.07) is 0. The van der Waals surface area contributed by atoms with Crippen LogP contribution in [0.5, 0.6) is 0 Å². The summed E-state index contributed by atoms with van der Waals surface area (Å²) in [5.74, 6) is -0.430. The lowest BCUT2D eigenvalue weighted by Gasteiger charge is -2.33. The van der Waals surface area contributed by atoms with Gasteiger partial charge >= 0.3 is 6.18 Å². The zero-order chi connectivity index (χ0) is 17.6. The third-order valence-electron chi connectivity index (χ3n) is 4.71. The fraction of sp³-hybridized carbons (Fsp3) is 0.875. The molecule has 0 saturated carbocycles. The van der Waals surface area contributed by atoms with E-state index in [0.29, 0.717) is 25.9 Å². The summed E-state index contributed by atoms with van der Waals surface area (Å²) >= 11 is 0. The third kappa shape index (κ3) is 6.30. The highest BCUT2D eigenvalue weighted by Gasteiger charge is 2.31. The van der Waals surface area contributed by atoms with Crippen LogP contribution in [0, 0.1) is 5.92 Å². The van der Waals surface area contributed by atoms with E-state index in [4.69, 9.17) is 0 Å². The number of rotatable bonds is 4. The molecule has 2 saturated heterocycles. The number of nitrogens with one attached hydrogen (secondary N) is 1. The number of nitrogens with zero attached hydrogens (tertiary/aromatic N) is 2. The number of piperidine rings is 1. The van der Waals surface area contributed by atoms with Crippen molar-refractivity contribution in [1.29, 1.82) is 0 Å². The zero-order valence-electron chi connectivity index (χ0n) is 13.9. The second-order valence-corrected chi connectivity index (χ2v) is 6.68. The van der Waals surface area contributed by atoms with Gasteiger partial charge < -0.3 is 10.2 Å². The molecule has 0 bridgehead atoms. The number of likely N-dealkylation sites (tertiary alicyclic amines) is 2. The van der Waals surface area contributed by atoms with Gasteiger partial charge in [0, 0.05) is 19.0 Å². The summed E-state index contributed by atoms with van der Waals surface area (Å²) in [6.45, 7) is 1.47. The van der Waals surface area contributed by atoms with Gasteiger partial charge in [-0.2, -0.15) is 13.2 Å². The number of carbonyl (C=O) groups excluding carboxylic acids is 2. The average Bonchev–Trinajstić information content (AvgIpc) is 2.82. The predicted molar refractivity (Wildman–Crippen MR) is 83.3 cm³/mol. The molecule has 0 aromatic heterocycles. The Kier molecular flexibility index (Phi) is 6.89. The summed E-state index contributed by atoms with van der Waals surface area (Å²) in [5.41, 5.74) is 0. The van der Waals surface area contributed by atoms with Gasteiger partial charge in [0.05, 0.1) is 6.54 Å². The highest BCUT2D eigenvalue weighted by atomic mass is 19.4. The van der Waals surface area contributed by atoms with Gasteiger partial charge in [-0.1, -0.05) is 12.8 Å². The molecule has 1 N–H and O–H groups in total. The summed E-state index contributed by atoms with van der Waals surface area (Å²) in [4.78, 5) is 27.9. The third-order valence-corrected chi connectivity index (χ3v) is 4.71. The van der Waals surface area contributed by atoms with Crippen molar-refractivity contribution in [2.45, 2.75) is 44.7 Å². The standard InChI is InChI=1S/C16H26F3N3O2/c17-16(18,19)12-20-14(23)11-21-9-5-13(6-10-21)15(24)22-7-3-1-2-4-8-22/h13H,1-12H2,(H,20,23). The van der Waals surface area contributed by atoms with Gasteiger partial charge in [0.25, 0.3) is 0 Å². The molecule has 8 heteroatoms. The number of alkyl halides is 3. The van der Waals surface area contributed by atoms with Crippen molar-refractivity contribution in [3.8, 4) is 0 Å². The fourth-order valence-electron chi connectivity index (χ4n) is 3.35. The minimum Gasteiger partial charge on any atom is -0.346 e. The van der Waals surface area contributed by atoms with Crippen LogP contribution in [0.25, 0.3) is 0 Å². The average molecular weight is 349 g/mol. The molecule has 24 heavy (non-hydrogen) atoms. The lowest BCUT2D eigenvalue weighted by Crippen LogP contribution is -2.46. The van der Waals surface area contributed by atoms with E-state index in [1.807, 2.05) is 15.1 Å². The SMILES string of the molecule is O=C(CN1CCC(C(=O)N2CCCCCC2)CC1)NCC(F)(F)F. The minimum atomic E-state index is -4.39. The highest BCUT2D eigenvalue weighted by Crippen LogP contribution is 2.21. The second kappa shape index (κ2) is 8.69. The topological polar surface area (TPSA) is 52.7 Å². The summed E-state index contributed by atoms with van der Waals surface area (Å²) < 4.78 is 36.2. The molecule has 0 atom stereocenters. The molecule has 0 aromatic carbocycles. The van der Waals surface area contributed by atoms with Crippen molar-refractivity contribution in [3.05, 3.63) is 0 Å². The molecule has 5 nitrogen and oxygen atoms in total. The van der Waals surface area contributed by atoms with Crippen LogP contribution < -0.4 is 5.32 Å². The van der Waals surface area contributed by atoms with Crippen molar-refractivity contribution in [3.63, 3.8) is 0 Å². The van der Waals surface area contributed by atoms with Gasteiger partial charge in [-0.25, -0.2) is 0 Å². The van der Waals surface area contributed by atoms with Crippen LogP contribution in [0.4, 0.5) is 13.2 Å². The van der Waals surface area contributed by atoms with E-state index in [9.17, 15) is 22.8 Å². The van der Waals surface area contributed by atoms with E-state index < -0.39 is 18.6 Å². The first kappa shape index (κ1) is 19.0. The van der Waals surface area contributed by atoms with E-state index in [1.165, 1.54) is 12.8 Å². The molecule has 2 fully saturated rings. The second-order valence-electron chi connectivity index (χ2n) is 6.68. The van der Waals surface area contributed by atoms with Crippen LogP contribution in [-0.2, 0) is 9.59 Å². The number of amides is 2. The Bertz CT molecular complexity index is 427. The molecule has 2 rings (SSSR count). The van der Waals surface area contributed by atoms with Crippen molar-refractivity contribution in [2.24, 2.45) is 5.92 Å². The van der Waals surface area contributed by atoms with Crippen molar-refractivity contribution in [1.82, 2.24) is 15.1 Å². The van der Waals surface area contributed by atoms with E-state index in [2.05, 4.69) is 0 Å². The molecule has 0 unspecified atom stereocenters. The van der Waals surface area contributed by atoms with Crippen LogP contribution >= 0.6 is 0 Å². The maximum atomic E-state index is 12.6. The first-order valence-electron chi connectivity index (χ1n) is 8.70. The summed E-state index contributed by atoms with van der Waals surface area (Å²) in [7, 11) is 0. The van der Waals surface area contributed by atoms with Gasteiger partial charge in [0.15, 0.2) is 0 Å². The molecular weight excluding hydrogens is 323 g/mol. The maximum Gasteiger partial charge on any atom is 0.405 e. The monoisotopic (exact) mass is 349 g/mol. The van der Waals surface area contributed by atoms with Crippen LogP contribution in [0.15, 0.2) is 0 Å². The Morgan fingerprint density at radius 2 is 1.54 bits per heavy atom. The lowest BCUT2D eigenvalue weighted by molar-refractivity contribution is -0.140. The van der Waals surface area contributed by atoms with Crippen molar-refractivity contribution >= 4 is 11.8 Å². The Morgan fingerprint density at radius 1 is 0.958 bits per heavy atom. The predicted octanol–water partition coefficient (Wildman–Crippen LogP) is 1.78. The van der Waals surface area contributed by atoms with Gasteiger partial charge in [0.1, 0.15) is 6.54 Å². The molecule has 2 heterocycles. The van der Waals surface area contributed by atoms with Crippen molar-refractivity contribution in [2.75, 3.05) is 39.3 Å². The zero-order valence-corrected chi connectivity index (χ0v) is 13.9. The van der Waals surface area contributed by atoms with Gasteiger partial charge in [-0.3, -0.25) is 14.5 Å². The van der Waals surface area contributed by atoms with E-state index in [-0.39, 0.29) is 18.4 Å². The molecular formula is C16H26F3N3O2. The molecule has 0 spiro atoms. The quantitative estimate of drug-likeness (QED) is 0.842. The molecule has 138 valence electrons. The van der Waals surface area contributed by atoms with E-state index >= 15 is 0 Å². The number of hydrogen-bond donors (Lipinski definition) is 1. The first-order valence-corrected chi connectivity index (χ1v) is 8.70. The smallest absolute Gasteiger partial charge is 0.346 e. The molecule has 2 amide bonds. The van der Waals surface area contributed by atoms with Gasteiger partial charge in [-0.15, -0.1) is 0 Å². The normalized spacial score (nSPS) is 21.4. The maximum absolute atomic E-state index is 12.6. The lowest BCUT2D eigenvalue weighted by atomic mass is 9.95. The number of hydrogen-bond acceptors (Lipinski definition) is 3. The van der Waals surface area contributed by atoms with Crippen molar-refractivity contribution < 1.29 is 22.8 Å².